The Balaban J connectivity index is 2.05. The number of hydrogen-bond acceptors (Lipinski definition) is 4. The van der Waals surface area contributed by atoms with Crippen LogP contribution in [0.5, 0.6) is 0 Å². The third-order valence-electron chi connectivity index (χ3n) is 5.67. The SMILES string of the molecule is CC(C)CN(CC(C)C)c1ccc(C2(C(=O)O)CCC2)cc1Nc1ccc(Cl)cn1. The zero-order valence-corrected chi connectivity index (χ0v) is 19.0. The normalized spacial score (nSPS) is 15.2. The Labute approximate surface area is 184 Å². The summed E-state index contributed by atoms with van der Waals surface area (Å²) >= 11 is 5.99. The minimum atomic E-state index is -0.774. The first kappa shape index (κ1) is 22.4. The van der Waals surface area contributed by atoms with Crippen LogP contribution in [0.1, 0.15) is 52.5 Å². The molecule has 0 atom stereocenters. The van der Waals surface area contributed by atoms with Crippen molar-refractivity contribution in [3.63, 3.8) is 0 Å². The topological polar surface area (TPSA) is 65.5 Å². The van der Waals surface area contributed by atoms with Gasteiger partial charge in [-0.25, -0.2) is 4.98 Å². The molecule has 0 bridgehead atoms. The van der Waals surface area contributed by atoms with Crippen molar-refractivity contribution in [2.45, 2.75) is 52.4 Å². The second-order valence-electron chi connectivity index (χ2n) is 9.15. The average molecular weight is 430 g/mol. The number of rotatable bonds is 9. The number of nitrogens with zero attached hydrogens (tertiary/aromatic N) is 2. The number of carboxylic acid groups (broad SMARTS) is 1. The van der Waals surface area contributed by atoms with Crippen LogP contribution in [0.25, 0.3) is 0 Å². The Morgan fingerprint density at radius 2 is 1.83 bits per heavy atom. The van der Waals surface area contributed by atoms with Crippen LogP contribution in [0, 0.1) is 11.8 Å². The fraction of sp³-hybridized carbons (Fsp3) is 0.500. The van der Waals surface area contributed by atoms with Crippen molar-refractivity contribution in [2.24, 2.45) is 11.8 Å². The number of hydrogen-bond donors (Lipinski definition) is 2. The highest BCUT2D eigenvalue weighted by atomic mass is 35.5. The summed E-state index contributed by atoms with van der Waals surface area (Å²) in [6, 6.07) is 9.71. The van der Waals surface area contributed by atoms with Crippen LogP contribution in [0.15, 0.2) is 36.5 Å². The fourth-order valence-corrected chi connectivity index (χ4v) is 4.22. The van der Waals surface area contributed by atoms with E-state index in [4.69, 9.17) is 11.6 Å². The Morgan fingerprint density at radius 3 is 2.30 bits per heavy atom. The van der Waals surface area contributed by atoms with Gasteiger partial charge in [-0.3, -0.25) is 4.79 Å². The fourth-order valence-electron chi connectivity index (χ4n) is 4.11. The number of pyridine rings is 1. The van der Waals surface area contributed by atoms with Crippen LogP contribution >= 0.6 is 11.6 Å². The molecule has 0 aliphatic heterocycles. The standard InChI is InChI=1S/C24H32ClN3O2/c1-16(2)14-28(15-17(3)4)21-8-6-18(24(23(29)30)10-5-11-24)12-20(21)27-22-9-7-19(25)13-26-22/h6-9,12-13,16-17H,5,10-11,14-15H2,1-4H3,(H,26,27)(H,29,30). The number of carbonyl (C=O) groups is 1. The lowest BCUT2D eigenvalue weighted by atomic mass is 9.64. The largest absolute Gasteiger partial charge is 0.481 e. The maximum Gasteiger partial charge on any atom is 0.314 e. The Hall–Kier alpha value is -2.27. The minimum Gasteiger partial charge on any atom is -0.481 e. The Kier molecular flexibility index (Phi) is 6.91. The molecular formula is C24H32ClN3O2. The summed E-state index contributed by atoms with van der Waals surface area (Å²) in [6.45, 7) is 10.7. The van der Waals surface area contributed by atoms with Gasteiger partial charge in [0.25, 0.3) is 0 Å². The molecule has 2 aromatic rings. The van der Waals surface area contributed by atoms with Crippen molar-refractivity contribution in [1.29, 1.82) is 0 Å². The number of benzene rings is 1. The van der Waals surface area contributed by atoms with E-state index in [9.17, 15) is 9.90 Å². The molecule has 6 heteroatoms. The van der Waals surface area contributed by atoms with E-state index in [1.165, 1.54) is 0 Å². The molecule has 3 rings (SSSR count). The number of aromatic nitrogens is 1. The van der Waals surface area contributed by atoms with Gasteiger partial charge >= 0.3 is 5.97 Å². The van der Waals surface area contributed by atoms with E-state index in [0.717, 1.165) is 36.4 Å². The van der Waals surface area contributed by atoms with E-state index < -0.39 is 11.4 Å². The van der Waals surface area contributed by atoms with Gasteiger partial charge in [-0.2, -0.15) is 0 Å². The average Bonchev–Trinajstić information content (AvgIpc) is 2.61. The molecule has 30 heavy (non-hydrogen) atoms. The van der Waals surface area contributed by atoms with Gasteiger partial charge in [0.15, 0.2) is 0 Å². The van der Waals surface area contributed by atoms with E-state index in [-0.39, 0.29) is 0 Å². The molecule has 0 unspecified atom stereocenters. The predicted octanol–water partition coefficient (Wildman–Crippen LogP) is 6.10. The Morgan fingerprint density at radius 1 is 1.17 bits per heavy atom. The number of aliphatic carboxylic acids is 1. The van der Waals surface area contributed by atoms with Gasteiger partial charge in [0.2, 0.25) is 0 Å². The maximum atomic E-state index is 12.1. The van der Waals surface area contributed by atoms with Crippen molar-refractivity contribution < 1.29 is 9.90 Å². The van der Waals surface area contributed by atoms with E-state index in [2.05, 4.69) is 49.0 Å². The lowest BCUT2D eigenvalue weighted by molar-refractivity contribution is -0.147. The minimum absolute atomic E-state index is 0.502. The highest BCUT2D eigenvalue weighted by Gasteiger charge is 2.46. The molecule has 0 radical (unpaired) electrons. The molecule has 1 heterocycles. The monoisotopic (exact) mass is 429 g/mol. The lowest BCUT2D eigenvalue weighted by Crippen LogP contribution is -2.42. The molecule has 162 valence electrons. The van der Waals surface area contributed by atoms with Crippen molar-refractivity contribution >= 4 is 34.8 Å². The zero-order valence-electron chi connectivity index (χ0n) is 18.3. The molecular weight excluding hydrogens is 398 g/mol. The van der Waals surface area contributed by atoms with Crippen molar-refractivity contribution in [1.82, 2.24) is 4.98 Å². The van der Waals surface area contributed by atoms with E-state index >= 15 is 0 Å². The molecule has 1 saturated carbocycles. The molecule has 0 spiro atoms. The second kappa shape index (κ2) is 9.25. The highest BCUT2D eigenvalue weighted by molar-refractivity contribution is 6.30. The number of nitrogens with one attached hydrogen (secondary N) is 1. The van der Waals surface area contributed by atoms with Gasteiger partial charge in [-0.15, -0.1) is 0 Å². The molecule has 1 aromatic carbocycles. The Bertz CT molecular complexity index is 867. The van der Waals surface area contributed by atoms with E-state index in [1.54, 1.807) is 12.3 Å². The smallest absolute Gasteiger partial charge is 0.314 e. The van der Waals surface area contributed by atoms with E-state index in [0.29, 0.717) is 35.5 Å². The highest BCUT2D eigenvalue weighted by Crippen LogP contribution is 2.46. The summed E-state index contributed by atoms with van der Waals surface area (Å²) < 4.78 is 0. The summed E-state index contributed by atoms with van der Waals surface area (Å²) in [4.78, 5) is 18.8. The first-order valence-electron chi connectivity index (χ1n) is 10.7. The number of carboxylic acids is 1. The molecule has 5 nitrogen and oxygen atoms in total. The summed E-state index contributed by atoms with van der Waals surface area (Å²) in [5, 5.41) is 13.9. The quantitative estimate of drug-likeness (QED) is 0.503. The molecule has 1 aromatic heterocycles. The molecule has 0 amide bonds. The molecule has 0 saturated heterocycles. The van der Waals surface area contributed by atoms with Crippen molar-refractivity contribution in [2.75, 3.05) is 23.3 Å². The summed E-state index contributed by atoms with van der Waals surface area (Å²) in [5.74, 6) is 0.951. The van der Waals surface area contributed by atoms with Crippen LogP contribution in [0.2, 0.25) is 5.02 Å². The van der Waals surface area contributed by atoms with Crippen LogP contribution in [-0.2, 0) is 10.2 Å². The third-order valence-corrected chi connectivity index (χ3v) is 5.89. The first-order chi connectivity index (χ1) is 14.2. The molecule has 2 N–H and O–H groups in total. The zero-order chi connectivity index (χ0) is 21.9. The molecule has 1 fully saturated rings. The van der Waals surface area contributed by atoms with Gasteiger partial charge in [0, 0.05) is 19.3 Å². The van der Waals surface area contributed by atoms with Crippen LogP contribution in [0.4, 0.5) is 17.2 Å². The van der Waals surface area contributed by atoms with Crippen molar-refractivity contribution in [3.05, 3.63) is 47.1 Å². The summed E-state index contributed by atoms with van der Waals surface area (Å²) in [5.41, 5.74) is 2.04. The van der Waals surface area contributed by atoms with E-state index in [1.807, 2.05) is 18.2 Å². The van der Waals surface area contributed by atoms with Gasteiger partial charge in [-0.1, -0.05) is 51.8 Å². The summed E-state index contributed by atoms with van der Waals surface area (Å²) in [7, 11) is 0. The second-order valence-corrected chi connectivity index (χ2v) is 9.59. The van der Waals surface area contributed by atoms with Crippen molar-refractivity contribution in [3.8, 4) is 0 Å². The number of halogens is 1. The predicted molar refractivity (Wildman–Crippen MR) is 124 cm³/mol. The molecule has 1 aliphatic carbocycles. The van der Waals surface area contributed by atoms with Gasteiger partial charge in [0.05, 0.1) is 21.8 Å². The lowest BCUT2D eigenvalue weighted by Gasteiger charge is -2.39. The first-order valence-corrected chi connectivity index (χ1v) is 11.1. The van der Waals surface area contributed by atoms with Gasteiger partial charge in [0.1, 0.15) is 5.82 Å². The third kappa shape index (κ3) is 4.89. The van der Waals surface area contributed by atoms with Crippen LogP contribution < -0.4 is 10.2 Å². The van der Waals surface area contributed by atoms with Gasteiger partial charge in [-0.05, 0) is 54.5 Å². The van der Waals surface area contributed by atoms with Crippen LogP contribution in [0.3, 0.4) is 0 Å². The molecule has 1 aliphatic rings. The maximum absolute atomic E-state index is 12.1. The van der Waals surface area contributed by atoms with Crippen LogP contribution in [-0.4, -0.2) is 29.1 Å². The number of anilines is 3. The summed E-state index contributed by atoms with van der Waals surface area (Å²) in [6.07, 6.45) is 3.92. The van der Waals surface area contributed by atoms with Gasteiger partial charge < -0.3 is 15.3 Å².